The van der Waals surface area contributed by atoms with Crippen LogP contribution in [-0.4, -0.2) is 18.7 Å². The van der Waals surface area contributed by atoms with Crippen LogP contribution in [0.4, 0.5) is 18.9 Å². The number of anilines is 1. The van der Waals surface area contributed by atoms with Crippen LogP contribution in [0, 0.1) is 16.7 Å². The minimum atomic E-state index is -4.42. The van der Waals surface area contributed by atoms with E-state index in [4.69, 9.17) is 0 Å². The Morgan fingerprint density at radius 2 is 2.00 bits per heavy atom. The zero-order valence-corrected chi connectivity index (χ0v) is 12.4. The van der Waals surface area contributed by atoms with Gasteiger partial charge in [-0.25, -0.2) is 0 Å². The van der Waals surface area contributed by atoms with Crippen molar-refractivity contribution in [3.63, 3.8) is 0 Å². The third kappa shape index (κ3) is 4.62. The van der Waals surface area contributed by atoms with Gasteiger partial charge >= 0.3 is 6.18 Å². The van der Waals surface area contributed by atoms with Crippen molar-refractivity contribution in [2.75, 3.05) is 11.9 Å². The molecular weight excluding hydrogens is 309 g/mol. The van der Waals surface area contributed by atoms with E-state index in [1.807, 2.05) is 0 Å². The fraction of sp³-hybridized carbons (Fsp3) is 0.500. The Bertz CT molecular complexity index is 602. The minimum absolute atomic E-state index is 0.00905. The van der Waals surface area contributed by atoms with Gasteiger partial charge < -0.3 is 10.1 Å². The monoisotopic (exact) mass is 326 g/mol. The van der Waals surface area contributed by atoms with Crippen LogP contribution in [0.5, 0.6) is 5.75 Å². The summed E-state index contributed by atoms with van der Waals surface area (Å²) < 4.78 is 41.1. The molecule has 124 valence electrons. The highest BCUT2D eigenvalue weighted by molar-refractivity contribution is 5.97. The summed E-state index contributed by atoms with van der Waals surface area (Å²) in [6.07, 6.45) is -0.797. The molecule has 0 bridgehead atoms. The standard InChI is InChI=1S/C16H17F3N2O2/c17-16(18,19)11-23-13-6-4-5-12(9-13)21-14(22)15(10-20)7-2-1-3-8-15/h4-6,9H,1-3,7-8,11H2,(H,21,22). The van der Waals surface area contributed by atoms with Crippen molar-refractivity contribution < 1.29 is 22.7 Å². The van der Waals surface area contributed by atoms with Crippen LogP contribution in [0.15, 0.2) is 24.3 Å². The molecule has 0 aliphatic heterocycles. The number of benzene rings is 1. The number of ether oxygens (including phenoxy) is 1. The first-order valence-corrected chi connectivity index (χ1v) is 7.37. The Kier molecular flexibility index (Phi) is 5.14. The maximum absolute atomic E-state index is 12.4. The molecule has 1 fully saturated rings. The van der Waals surface area contributed by atoms with Gasteiger partial charge in [0.1, 0.15) is 11.2 Å². The molecule has 1 saturated carbocycles. The fourth-order valence-electron chi connectivity index (χ4n) is 2.62. The first-order valence-electron chi connectivity index (χ1n) is 7.37. The lowest BCUT2D eigenvalue weighted by atomic mass is 9.74. The van der Waals surface area contributed by atoms with Gasteiger partial charge in [0.2, 0.25) is 5.91 Å². The molecule has 7 heteroatoms. The SMILES string of the molecule is N#CC1(C(=O)Nc2cccc(OCC(F)(F)F)c2)CCCCC1. The van der Waals surface area contributed by atoms with E-state index in [-0.39, 0.29) is 5.75 Å². The Morgan fingerprint density at radius 3 is 2.61 bits per heavy atom. The summed E-state index contributed by atoms with van der Waals surface area (Å²) in [4.78, 5) is 12.4. The maximum Gasteiger partial charge on any atom is 0.422 e. The van der Waals surface area contributed by atoms with Crippen LogP contribution in [0.1, 0.15) is 32.1 Å². The number of carbonyl (C=O) groups is 1. The second kappa shape index (κ2) is 6.90. The molecule has 1 aromatic rings. The summed E-state index contributed by atoms with van der Waals surface area (Å²) in [5.41, 5.74) is -0.740. The number of amides is 1. The van der Waals surface area contributed by atoms with Crippen LogP contribution >= 0.6 is 0 Å². The molecule has 0 spiro atoms. The van der Waals surface area contributed by atoms with Gasteiger partial charge in [0.25, 0.3) is 0 Å². The van der Waals surface area contributed by atoms with Gasteiger partial charge in [0.05, 0.1) is 6.07 Å². The predicted octanol–water partition coefficient (Wildman–Crippen LogP) is 4.04. The van der Waals surface area contributed by atoms with Crippen molar-refractivity contribution in [3.8, 4) is 11.8 Å². The van der Waals surface area contributed by atoms with Gasteiger partial charge in [0.15, 0.2) is 6.61 Å². The number of nitrogens with zero attached hydrogens (tertiary/aromatic N) is 1. The van der Waals surface area contributed by atoms with Crippen molar-refractivity contribution in [2.24, 2.45) is 5.41 Å². The maximum atomic E-state index is 12.4. The summed E-state index contributed by atoms with van der Waals surface area (Å²) in [5, 5.41) is 12.0. The van der Waals surface area contributed by atoms with Crippen LogP contribution in [-0.2, 0) is 4.79 Å². The molecule has 0 heterocycles. The highest BCUT2D eigenvalue weighted by Crippen LogP contribution is 2.37. The lowest BCUT2D eigenvalue weighted by Crippen LogP contribution is -2.36. The summed E-state index contributed by atoms with van der Waals surface area (Å²) in [5.74, 6) is -0.401. The number of alkyl halides is 3. The average molecular weight is 326 g/mol. The number of carbonyl (C=O) groups excluding carboxylic acids is 1. The molecule has 1 aromatic carbocycles. The molecule has 0 aromatic heterocycles. The number of nitrogens with one attached hydrogen (secondary N) is 1. The molecule has 0 radical (unpaired) electrons. The van der Waals surface area contributed by atoms with Gasteiger partial charge in [-0.15, -0.1) is 0 Å². The van der Waals surface area contributed by atoms with Gasteiger partial charge in [-0.1, -0.05) is 25.3 Å². The van der Waals surface area contributed by atoms with Crippen molar-refractivity contribution in [3.05, 3.63) is 24.3 Å². The van der Waals surface area contributed by atoms with Gasteiger partial charge in [-0.05, 0) is 25.0 Å². The second-order valence-electron chi connectivity index (χ2n) is 5.64. The van der Waals surface area contributed by atoms with E-state index in [9.17, 15) is 23.2 Å². The van der Waals surface area contributed by atoms with Crippen LogP contribution in [0.25, 0.3) is 0 Å². The van der Waals surface area contributed by atoms with Crippen LogP contribution < -0.4 is 10.1 Å². The van der Waals surface area contributed by atoms with Gasteiger partial charge in [-0.2, -0.15) is 18.4 Å². The zero-order valence-electron chi connectivity index (χ0n) is 12.4. The molecule has 23 heavy (non-hydrogen) atoms. The number of halogens is 3. The number of hydrogen-bond donors (Lipinski definition) is 1. The molecule has 1 amide bonds. The highest BCUT2D eigenvalue weighted by Gasteiger charge is 2.39. The Morgan fingerprint density at radius 1 is 1.30 bits per heavy atom. The Labute approximate surface area is 132 Å². The second-order valence-corrected chi connectivity index (χ2v) is 5.64. The number of hydrogen-bond acceptors (Lipinski definition) is 3. The number of rotatable bonds is 4. The van der Waals surface area contributed by atoms with E-state index in [0.29, 0.717) is 18.5 Å². The molecule has 0 saturated heterocycles. The van der Waals surface area contributed by atoms with Crippen LogP contribution in [0.3, 0.4) is 0 Å². The van der Waals surface area contributed by atoms with Crippen molar-refractivity contribution >= 4 is 11.6 Å². The van der Waals surface area contributed by atoms with Crippen LogP contribution in [0.2, 0.25) is 0 Å². The topological polar surface area (TPSA) is 62.1 Å². The Balaban J connectivity index is 2.05. The quantitative estimate of drug-likeness (QED) is 0.908. The predicted molar refractivity (Wildman–Crippen MR) is 77.8 cm³/mol. The minimum Gasteiger partial charge on any atom is -0.484 e. The third-order valence-corrected chi connectivity index (χ3v) is 3.85. The summed E-state index contributed by atoms with van der Waals surface area (Å²) in [6, 6.07) is 7.83. The zero-order chi connectivity index (χ0) is 16.9. The molecule has 4 nitrogen and oxygen atoms in total. The summed E-state index contributed by atoms with van der Waals surface area (Å²) in [7, 11) is 0. The number of nitriles is 1. The average Bonchev–Trinajstić information content (AvgIpc) is 2.53. The normalized spacial score (nSPS) is 17.1. The smallest absolute Gasteiger partial charge is 0.422 e. The molecule has 1 aliphatic carbocycles. The fourth-order valence-corrected chi connectivity index (χ4v) is 2.62. The van der Waals surface area contributed by atoms with Crippen molar-refractivity contribution in [1.29, 1.82) is 5.26 Å². The van der Waals surface area contributed by atoms with E-state index in [0.717, 1.165) is 19.3 Å². The highest BCUT2D eigenvalue weighted by atomic mass is 19.4. The largest absolute Gasteiger partial charge is 0.484 e. The molecule has 1 N–H and O–H groups in total. The molecule has 1 aliphatic rings. The molecule has 0 atom stereocenters. The van der Waals surface area contributed by atoms with Gasteiger partial charge in [0, 0.05) is 11.8 Å². The van der Waals surface area contributed by atoms with E-state index in [1.54, 1.807) is 6.07 Å². The van der Waals surface area contributed by atoms with E-state index in [1.165, 1.54) is 18.2 Å². The van der Waals surface area contributed by atoms with Crippen molar-refractivity contribution in [2.45, 2.75) is 38.3 Å². The van der Waals surface area contributed by atoms with E-state index < -0.39 is 24.1 Å². The first-order chi connectivity index (χ1) is 10.8. The summed E-state index contributed by atoms with van der Waals surface area (Å²) >= 11 is 0. The van der Waals surface area contributed by atoms with E-state index in [2.05, 4.69) is 16.1 Å². The lowest BCUT2D eigenvalue weighted by Gasteiger charge is -2.29. The van der Waals surface area contributed by atoms with Gasteiger partial charge in [-0.3, -0.25) is 4.79 Å². The molecular formula is C16H17F3N2O2. The molecule has 2 rings (SSSR count). The van der Waals surface area contributed by atoms with Crippen molar-refractivity contribution in [1.82, 2.24) is 0 Å². The van der Waals surface area contributed by atoms with E-state index >= 15 is 0 Å². The summed E-state index contributed by atoms with van der Waals surface area (Å²) in [6.45, 7) is -1.40. The lowest BCUT2D eigenvalue weighted by molar-refractivity contribution is -0.153. The Hall–Kier alpha value is -2.23. The third-order valence-electron chi connectivity index (χ3n) is 3.85. The molecule has 0 unspecified atom stereocenters. The first kappa shape index (κ1) is 17.1.